The number of Topliss-reactive ketones (excluding diaryl/α,β-unsaturated/α-hetero) is 1. The van der Waals surface area contributed by atoms with Crippen LogP contribution >= 0.6 is 0 Å². The smallest absolute Gasteiger partial charge is 0.182 e. The Morgan fingerprint density at radius 1 is 1.14 bits per heavy atom. The zero-order chi connectivity index (χ0) is 26.4. The highest BCUT2D eigenvalue weighted by atomic mass is 19.1. The number of ketones is 1. The maximum atomic E-state index is 14.1. The number of rotatable bonds is 7. The molecule has 4 heterocycles. The molecule has 3 aromatic heterocycles. The van der Waals surface area contributed by atoms with Crippen LogP contribution in [0.3, 0.4) is 0 Å². The molecule has 1 aromatic carbocycles. The minimum atomic E-state index is -0.752. The van der Waals surface area contributed by atoms with Gasteiger partial charge in [0, 0.05) is 31.4 Å². The summed E-state index contributed by atoms with van der Waals surface area (Å²) in [4.78, 5) is 18.4. The molecule has 0 amide bonds. The van der Waals surface area contributed by atoms with E-state index in [1.54, 1.807) is 40.5 Å². The molecule has 1 saturated heterocycles. The first-order chi connectivity index (χ1) is 17.6. The molecule has 5 rings (SSSR count). The van der Waals surface area contributed by atoms with Crippen LogP contribution in [-0.2, 0) is 28.5 Å². The van der Waals surface area contributed by atoms with Crippen LogP contribution in [-0.4, -0.2) is 43.9 Å². The van der Waals surface area contributed by atoms with Crippen molar-refractivity contribution in [2.75, 3.05) is 13.2 Å². The normalized spacial score (nSPS) is 16.7. The molecule has 1 aliphatic rings. The van der Waals surface area contributed by atoms with Crippen LogP contribution < -0.4 is 4.74 Å². The molecule has 0 spiro atoms. The highest BCUT2D eigenvalue weighted by molar-refractivity contribution is 5.97. The van der Waals surface area contributed by atoms with E-state index in [0.29, 0.717) is 22.8 Å². The zero-order valence-corrected chi connectivity index (χ0v) is 21.1. The molecule has 4 aromatic rings. The minimum absolute atomic E-state index is 0.106. The summed E-state index contributed by atoms with van der Waals surface area (Å²) in [5.41, 5.74) is 1.23. The number of hydrogen-bond acceptors (Lipinski definition) is 6. The second-order valence-electron chi connectivity index (χ2n) is 9.86. The molecule has 0 aliphatic carbocycles. The van der Waals surface area contributed by atoms with Gasteiger partial charge in [0.1, 0.15) is 23.9 Å². The number of imidazole rings is 1. The molecule has 0 bridgehead atoms. The highest BCUT2D eigenvalue weighted by Gasteiger charge is 2.44. The maximum Gasteiger partial charge on any atom is 0.182 e. The molecular weight excluding hydrogens is 482 g/mol. The van der Waals surface area contributed by atoms with Gasteiger partial charge < -0.3 is 14.2 Å². The second-order valence-corrected chi connectivity index (χ2v) is 9.86. The quantitative estimate of drug-likeness (QED) is 0.340. The van der Waals surface area contributed by atoms with Crippen molar-refractivity contribution < 1.29 is 27.8 Å². The first-order valence-electron chi connectivity index (χ1n) is 11.9. The van der Waals surface area contributed by atoms with Gasteiger partial charge in [0.25, 0.3) is 0 Å². The summed E-state index contributed by atoms with van der Waals surface area (Å²) in [6.07, 6.45) is 5.42. The lowest BCUT2D eigenvalue weighted by molar-refractivity contribution is -0.269. The van der Waals surface area contributed by atoms with E-state index in [0.717, 1.165) is 5.56 Å². The second kappa shape index (κ2) is 9.35. The Labute approximate surface area is 212 Å². The Hall–Kier alpha value is -3.63. The number of ether oxygens (including phenoxy) is 3. The number of hydrogen-bond donors (Lipinski definition) is 0. The molecule has 1 aliphatic heterocycles. The molecule has 8 nitrogen and oxygen atoms in total. The lowest BCUT2D eigenvalue weighted by Gasteiger charge is -2.42. The van der Waals surface area contributed by atoms with E-state index >= 15 is 0 Å². The highest BCUT2D eigenvalue weighted by Crippen LogP contribution is 2.37. The molecule has 0 atom stereocenters. The molecule has 1 fully saturated rings. The Balaban J connectivity index is 1.46. The van der Waals surface area contributed by atoms with Crippen LogP contribution in [0.25, 0.3) is 5.65 Å². The molecule has 194 valence electrons. The molecule has 0 saturated carbocycles. The molecule has 0 unspecified atom stereocenters. The van der Waals surface area contributed by atoms with Gasteiger partial charge in [-0.15, -0.1) is 0 Å². The number of carbonyl (C=O) groups is 1. The van der Waals surface area contributed by atoms with Crippen molar-refractivity contribution in [1.82, 2.24) is 19.2 Å². The van der Waals surface area contributed by atoms with Crippen molar-refractivity contribution in [3.05, 3.63) is 83.1 Å². The number of fused-ring (bicyclic) bond motifs is 1. The van der Waals surface area contributed by atoms with Crippen LogP contribution in [0.4, 0.5) is 8.78 Å². The fourth-order valence-electron chi connectivity index (χ4n) is 4.59. The molecule has 10 heteroatoms. The Morgan fingerprint density at radius 2 is 1.84 bits per heavy atom. The Bertz CT molecular complexity index is 1450. The van der Waals surface area contributed by atoms with Crippen molar-refractivity contribution in [2.45, 2.75) is 45.0 Å². The lowest BCUT2D eigenvalue weighted by atomic mass is 9.77. The first-order valence-corrected chi connectivity index (χ1v) is 11.9. The maximum absolute atomic E-state index is 14.1. The summed E-state index contributed by atoms with van der Waals surface area (Å²) in [6.45, 7) is 5.68. The van der Waals surface area contributed by atoms with Gasteiger partial charge in [0.15, 0.2) is 23.0 Å². The average molecular weight is 511 g/mol. The predicted octanol–water partition coefficient (Wildman–Crippen LogP) is 4.53. The van der Waals surface area contributed by atoms with Gasteiger partial charge in [-0.1, -0.05) is 6.07 Å². The third-order valence-electron chi connectivity index (χ3n) is 6.69. The molecule has 0 radical (unpaired) electrons. The monoisotopic (exact) mass is 510 g/mol. The predicted molar refractivity (Wildman–Crippen MR) is 130 cm³/mol. The van der Waals surface area contributed by atoms with Crippen molar-refractivity contribution in [3.63, 3.8) is 0 Å². The Morgan fingerprint density at radius 3 is 2.49 bits per heavy atom. The number of benzene rings is 1. The van der Waals surface area contributed by atoms with Crippen LogP contribution in [0.1, 0.15) is 47.6 Å². The summed E-state index contributed by atoms with van der Waals surface area (Å²) in [5.74, 6) is -1.98. The average Bonchev–Trinajstić information content (AvgIpc) is 3.43. The number of aromatic nitrogens is 4. The minimum Gasteiger partial charge on any atom is -0.485 e. The van der Waals surface area contributed by atoms with Crippen molar-refractivity contribution >= 4 is 11.4 Å². The van der Waals surface area contributed by atoms with Crippen LogP contribution in [0.2, 0.25) is 0 Å². The molecular formula is C27H28F2N4O4. The fourth-order valence-corrected chi connectivity index (χ4v) is 4.59. The van der Waals surface area contributed by atoms with Gasteiger partial charge in [-0.25, -0.2) is 13.8 Å². The van der Waals surface area contributed by atoms with E-state index < -0.39 is 22.8 Å². The molecule has 37 heavy (non-hydrogen) atoms. The summed E-state index contributed by atoms with van der Waals surface area (Å²) < 4.78 is 49.2. The summed E-state index contributed by atoms with van der Waals surface area (Å²) >= 11 is 0. The Kier molecular flexibility index (Phi) is 6.33. The summed E-state index contributed by atoms with van der Waals surface area (Å²) in [7, 11) is 1.82. The SMILES string of the molecule is Cc1nc2c(OCc3c(F)cccc3F)cccn2c1C(=O)CC1(c2cnn(C)c2)COC(C)(C)OC1. The zero-order valence-electron chi connectivity index (χ0n) is 21.1. The van der Waals surface area contributed by atoms with E-state index in [-0.39, 0.29) is 37.6 Å². The van der Waals surface area contributed by atoms with Crippen LogP contribution in [0, 0.1) is 18.6 Å². The van der Waals surface area contributed by atoms with Gasteiger partial charge in [-0.05, 0) is 45.0 Å². The number of aryl methyl sites for hydroxylation is 2. The number of pyridine rings is 1. The van der Waals surface area contributed by atoms with Crippen LogP contribution in [0.5, 0.6) is 5.75 Å². The fraction of sp³-hybridized carbons (Fsp3) is 0.370. The van der Waals surface area contributed by atoms with Crippen LogP contribution in [0.15, 0.2) is 48.9 Å². The van der Waals surface area contributed by atoms with E-state index in [2.05, 4.69) is 10.1 Å². The third kappa shape index (κ3) is 4.74. The van der Waals surface area contributed by atoms with Crippen molar-refractivity contribution in [2.24, 2.45) is 7.05 Å². The van der Waals surface area contributed by atoms with E-state index in [9.17, 15) is 13.6 Å². The number of halogens is 2. The standard InChI is InChI=1S/C27H28F2N4O4/c1-17-24(22(34)11-27(18-12-30-32(4)13-18)15-36-26(2,3)37-16-27)33-10-6-9-23(25(33)31-17)35-14-19-20(28)7-5-8-21(19)29/h5-10,12-13H,11,14-16H2,1-4H3. The lowest BCUT2D eigenvalue weighted by Crippen LogP contribution is -2.50. The third-order valence-corrected chi connectivity index (χ3v) is 6.69. The summed E-state index contributed by atoms with van der Waals surface area (Å²) in [6, 6.07) is 7.00. The largest absolute Gasteiger partial charge is 0.485 e. The summed E-state index contributed by atoms with van der Waals surface area (Å²) in [5, 5.41) is 4.29. The van der Waals surface area contributed by atoms with E-state index in [1.807, 2.05) is 27.1 Å². The topological polar surface area (TPSA) is 79.9 Å². The van der Waals surface area contributed by atoms with E-state index in [1.165, 1.54) is 18.2 Å². The van der Waals surface area contributed by atoms with Gasteiger partial charge in [0.2, 0.25) is 0 Å². The van der Waals surface area contributed by atoms with Gasteiger partial charge in [-0.3, -0.25) is 13.9 Å². The van der Waals surface area contributed by atoms with E-state index in [4.69, 9.17) is 14.2 Å². The number of carbonyl (C=O) groups excluding carboxylic acids is 1. The van der Waals surface area contributed by atoms with Crippen molar-refractivity contribution in [1.29, 1.82) is 0 Å². The molecule has 0 N–H and O–H groups in total. The van der Waals surface area contributed by atoms with Gasteiger partial charge in [-0.2, -0.15) is 5.10 Å². The van der Waals surface area contributed by atoms with Gasteiger partial charge in [0.05, 0.1) is 36.1 Å². The number of nitrogens with zero attached hydrogens (tertiary/aromatic N) is 4. The van der Waals surface area contributed by atoms with Crippen molar-refractivity contribution in [3.8, 4) is 5.75 Å². The first kappa shape index (κ1) is 25.0. The van der Waals surface area contributed by atoms with Gasteiger partial charge >= 0.3 is 0 Å².